The summed E-state index contributed by atoms with van der Waals surface area (Å²) in [4.78, 5) is 13.3. The van der Waals surface area contributed by atoms with E-state index in [1.54, 1.807) is 11.9 Å². The van der Waals surface area contributed by atoms with Crippen LogP contribution in [0, 0.1) is 0 Å². The summed E-state index contributed by atoms with van der Waals surface area (Å²) in [7, 11) is 1.79. The number of hydrogen-bond acceptors (Lipinski definition) is 1. The highest BCUT2D eigenvalue weighted by Gasteiger charge is 2.09. The molecule has 0 aliphatic carbocycles. The standard InChI is InChI=1S/C12H17BrN2O/c1-9(2)14-12(16)15(3)8-10-4-6-11(13)7-5-10/h4-7,9H,8H2,1-3H3,(H,14,16). The Morgan fingerprint density at radius 1 is 1.38 bits per heavy atom. The average molecular weight is 285 g/mol. The number of amides is 2. The molecule has 0 spiro atoms. The summed E-state index contributed by atoms with van der Waals surface area (Å²) >= 11 is 3.38. The van der Waals surface area contributed by atoms with Gasteiger partial charge in [-0.3, -0.25) is 0 Å². The molecular formula is C12H17BrN2O. The van der Waals surface area contributed by atoms with Gasteiger partial charge in [-0.05, 0) is 31.5 Å². The zero-order valence-corrected chi connectivity index (χ0v) is 11.4. The van der Waals surface area contributed by atoms with E-state index < -0.39 is 0 Å². The Morgan fingerprint density at radius 2 is 1.94 bits per heavy atom. The van der Waals surface area contributed by atoms with Gasteiger partial charge in [0.1, 0.15) is 0 Å². The van der Waals surface area contributed by atoms with E-state index in [2.05, 4.69) is 21.2 Å². The molecule has 4 heteroatoms. The van der Waals surface area contributed by atoms with Crippen molar-refractivity contribution in [3.63, 3.8) is 0 Å². The number of nitrogens with zero attached hydrogens (tertiary/aromatic N) is 1. The Balaban J connectivity index is 2.53. The average Bonchev–Trinajstić information content (AvgIpc) is 2.20. The molecule has 0 unspecified atom stereocenters. The zero-order valence-electron chi connectivity index (χ0n) is 9.83. The molecule has 0 saturated carbocycles. The molecule has 0 heterocycles. The van der Waals surface area contributed by atoms with Gasteiger partial charge in [-0.2, -0.15) is 0 Å². The lowest BCUT2D eigenvalue weighted by molar-refractivity contribution is 0.204. The van der Waals surface area contributed by atoms with Crippen LogP contribution in [0.15, 0.2) is 28.7 Å². The Labute approximate surface area is 105 Å². The van der Waals surface area contributed by atoms with Crippen LogP contribution in [0.3, 0.4) is 0 Å². The second-order valence-electron chi connectivity index (χ2n) is 4.09. The van der Waals surface area contributed by atoms with Gasteiger partial charge >= 0.3 is 6.03 Å². The quantitative estimate of drug-likeness (QED) is 0.909. The van der Waals surface area contributed by atoms with Gasteiger partial charge in [-0.25, -0.2) is 4.79 Å². The minimum absolute atomic E-state index is 0.0436. The molecule has 1 N–H and O–H groups in total. The summed E-state index contributed by atoms with van der Waals surface area (Å²) in [5.41, 5.74) is 1.12. The van der Waals surface area contributed by atoms with Crippen molar-refractivity contribution in [1.29, 1.82) is 0 Å². The van der Waals surface area contributed by atoms with Gasteiger partial charge in [0.25, 0.3) is 0 Å². The van der Waals surface area contributed by atoms with Gasteiger partial charge in [-0.15, -0.1) is 0 Å². The van der Waals surface area contributed by atoms with E-state index >= 15 is 0 Å². The maximum Gasteiger partial charge on any atom is 0.317 e. The molecule has 88 valence electrons. The maximum absolute atomic E-state index is 11.6. The lowest BCUT2D eigenvalue weighted by Gasteiger charge is -2.19. The first-order valence-electron chi connectivity index (χ1n) is 5.25. The van der Waals surface area contributed by atoms with Crippen molar-refractivity contribution in [1.82, 2.24) is 10.2 Å². The van der Waals surface area contributed by atoms with Crippen molar-refractivity contribution >= 4 is 22.0 Å². The van der Waals surface area contributed by atoms with Gasteiger partial charge in [0.15, 0.2) is 0 Å². The predicted octanol–water partition coefficient (Wildman–Crippen LogP) is 3.00. The summed E-state index contributed by atoms with van der Waals surface area (Å²) < 4.78 is 1.05. The summed E-state index contributed by atoms with van der Waals surface area (Å²) in [6.07, 6.45) is 0. The zero-order chi connectivity index (χ0) is 12.1. The Morgan fingerprint density at radius 3 is 2.44 bits per heavy atom. The van der Waals surface area contributed by atoms with E-state index in [4.69, 9.17) is 0 Å². The second-order valence-corrected chi connectivity index (χ2v) is 5.00. The van der Waals surface area contributed by atoms with Crippen LogP contribution in [-0.4, -0.2) is 24.0 Å². The Bertz CT molecular complexity index is 349. The number of halogens is 1. The number of benzene rings is 1. The molecule has 2 amide bonds. The third-order valence-electron chi connectivity index (χ3n) is 2.09. The molecule has 0 bridgehead atoms. The van der Waals surface area contributed by atoms with Crippen molar-refractivity contribution in [2.75, 3.05) is 7.05 Å². The molecule has 0 atom stereocenters. The monoisotopic (exact) mass is 284 g/mol. The smallest absolute Gasteiger partial charge is 0.317 e. The van der Waals surface area contributed by atoms with Crippen molar-refractivity contribution in [2.45, 2.75) is 26.4 Å². The van der Waals surface area contributed by atoms with Crippen LogP contribution >= 0.6 is 15.9 Å². The van der Waals surface area contributed by atoms with Crippen LogP contribution < -0.4 is 5.32 Å². The van der Waals surface area contributed by atoms with Gasteiger partial charge < -0.3 is 10.2 Å². The van der Waals surface area contributed by atoms with Crippen molar-refractivity contribution in [3.8, 4) is 0 Å². The van der Waals surface area contributed by atoms with Crippen LogP contribution in [0.25, 0.3) is 0 Å². The highest BCUT2D eigenvalue weighted by Crippen LogP contribution is 2.11. The number of carbonyl (C=O) groups is 1. The highest BCUT2D eigenvalue weighted by atomic mass is 79.9. The minimum Gasteiger partial charge on any atom is -0.336 e. The van der Waals surface area contributed by atoms with E-state index in [9.17, 15) is 4.79 Å². The molecule has 16 heavy (non-hydrogen) atoms. The van der Waals surface area contributed by atoms with Crippen LogP contribution in [0.4, 0.5) is 4.79 Å². The molecule has 0 saturated heterocycles. The fraction of sp³-hybridized carbons (Fsp3) is 0.417. The molecule has 0 aromatic heterocycles. The van der Waals surface area contributed by atoms with Crippen LogP contribution in [0.2, 0.25) is 0 Å². The number of hydrogen-bond donors (Lipinski definition) is 1. The van der Waals surface area contributed by atoms with E-state index in [1.165, 1.54) is 0 Å². The predicted molar refractivity (Wildman–Crippen MR) is 69.3 cm³/mol. The van der Waals surface area contributed by atoms with Crippen molar-refractivity contribution < 1.29 is 4.79 Å². The second kappa shape index (κ2) is 5.89. The fourth-order valence-corrected chi connectivity index (χ4v) is 1.56. The van der Waals surface area contributed by atoms with E-state index in [0.717, 1.165) is 10.0 Å². The first kappa shape index (κ1) is 13.0. The van der Waals surface area contributed by atoms with Gasteiger partial charge in [-0.1, -0.05) is 28.1 Å². The van der Waals surface area contributed by atoms with Crippen molar-refractivity contribution in [2.24, 2.45) is 0 Å². The van der Waals surface area contributed by atoms with E-state index in [-0.39, 0.29) is 12.1 Å². The summed E-state index contributed by atoms with van der Waals surface area (Å²) in [6.45, 7) is 4.52. The van der Waals surface area contributed by atoms with Crippen LogP contribution in [0.1, 0.15) is 19.4 Å². The van der Waals surface area contributed by atoms with Gasteiger partial charge in [0, 0.05) is 24.1 Å². The Kier molecular flexibility index (Phi) is 4.80. The number of carbonyl (C=O) groups excluding carboxylic acids is 1. The van der Waals surface area contributed by atoms with E-state index in [0.29, 0.717) is 6.54 Å². The summed E-state index contributed by atoms with van der Waals surface area (Å²) in [6, 6.07) is 8.08. The lowest BCUT2D eigenvalue weighted by atomic mass is 10.2. The van der Waals surface area contributed by atoms with Crippen LogP contribution in [0.5, 0.6) is 0 Å². The first-order valence-corrected chi connectivity index (χ1v) is 6.04. The third-order valence-corrected chi connectivity index (χ3v) is 2.62. The largest absolute Gasteiger partial charge is 0.336 e. The molecule has 0 aliphatic rings. The topological polar surface area (TPSA) is 32.3 Å². The SMILES string of the molecule is CC(C)NC(=O)N(C)Cc1ccc(Br)cc1. The molecule has 0 fully saturated rings. The molecule has 0 aliphatic heterocycles. The number of rotatable bonds is 3. The third kappa shape index (κ3) is 4.23. The Hall–Kier alpha value is -1.03. The van der Waals surface area contributed by atoms with Crippen LogP contribution in [-0.2, 0) is 6.54 Å². The molecule has 0 radical (unpaired) electrons. The molecule has 1 aromatic rings. The van der Waals surface area contributed by atoms with E-state index in [1.807, 2.05) is 38.1 Å². The minimum atomic E-state index is -0.0436. The van der Waals surface area contributed by atoms with Gasteiger partial charge in [0.2, 0.25) is 0 Å². The normalized spacial score (nSPS) is 10.3. The first-order chi connectivity index (χ1) is 7.49. The summed E-state index contributed by atoms with van der Waals surface area (Å²) in [5.74, 6) is 0. The van der Waals surface area contributed by atoms with Crippen molar-refractivity contribution in [3.05, 3.63) is 34.3 Å². The van der Waals surface area contributed by atoms with Gasteiger partial charge in [0.05, 0.1) is 0 Å². The molecule has 1 aromatic carbocycles. The fourth-order valence-electron chi connectivity index (χ4n) is 1.29. The number of urea groups is 1. The summed E-state index contributed by atoms with van der Waals surface area (Å²) in [5, 5.41) is 2.85. The molecule has 1 rings (SSSR count). The molecular weight excluding hydrogens is 268 g/mol. The highest BCUT2D eigenvalue weighted by molar-refractivity contribution is 9.10. The molecule has 3 nitrogen and oxygen atoms in total. The lowest BCUT2D eigenvalue weighted by Crippen LogP contribution is -2.40. The maximum atomic E-state index is 11.6. The number of nitrogens with one attached hydrogen (secondary N) is 1.